The molecule has 1 heterocycles. The van der Waals surface area contributed by atoms with Crippen LogP contribution in [-0.2, 0) is 0 Å². The van der Waals surface area contributed by atoms with E-state index in [4.69, 9.17) is 4.74 Å². The van der Waals surface area contributed by atoms with Gasteiger partial charge in [-0.3, -0.25) is 4.90 Å². The van der Waals surface area contributed by atoms with Crippen molar-refractivity contribution in [2.45, 2.75) is 12.8 Å². The van der Waals surface area contributed by atoms with Crippen LogP contribution in [0.25, 0.3) is 6.08 Å². The second-order valence-electron chi connectivity index (χ2n) is 3.87. The van der Waals surface area contributed by atoms with Gasteiger partial charge < -0.3 is 4.74 Å². The molecule has 1 fully saturated rings. The molecule has 2 heteroatoms. The quantitative estimate of drug-likeness (QED) is 0.746. The van der Waals surface area contributed by atoms with E-state index < -0.39 is 0 Å². The van der Waals surface area contributed by atoms with Gasteiger partial charge in [-0.25, -0.2) is 0 Å². The van der Waals surface area contributed by atoms with Crippen molar-refractivity contribution in [3.05, 3.63) is 36.4 Å². The number of hydrogen-bond donors (Lipinski definition) is 0. The number of rotatable bonds is 4. The third-order valence-corrected chi connectivity index (χ3v) is 2.73. The van der Waals surface area contributed by atoms with Crippen LogP contribution in [0.3, 0.4) is 0 Å². The molecule has 2 rings (SSSR count). The zero-order valence-corrected chi connectivity index (χ0v) is 8.98. The predicted octanol–water partition coefficient (Wildman–Crippen LogP) is 2.76. The van der Waals surface area contributed by atoms with Crippen molar-refractivity contribution < 1.29 is 4.74 Å². The molecule has 1 aliphatic rings. The fraction of sp³-hybridized carbons (Fsp3) is 0.385. The molecular weight excluding hydrogens is 186 g/mol. The average molecular weight is 203 g/mol. The highest BCUT2D eigenvalue weighted by Crippen LogP contribution is 2.14. The molecule has 1 aromatic carbocycles. The Kier molecular flexibility index (Phi) is 3.41. The van der Waals surface area contributed by atoms with E-state index in [1.54, 1.807) is 0 Å². The molecule has 0 amide bonds. The van der Waals surface area contributed by atoms with E-state index >= 15 is 0 Å². The maximum atomic E-state index is 5.68. The van der Waals surface area contributed by atoms with E-state index in [1.165, 1.54) is 25.9 Å². The van der Waals surface area contributed by atoms with E-state index in [-0.39, 0.29) is 0 Å². The molecule has 0 aromatic heterocycles. The Bertz CT molecular complexity index is 312. The summed E-state index contributed by atoms with van der Waals surface area (Å²) >= 11 is 0. The number of hydrogen-bond acceptors (Lipinski definition) is 2. The van der Waals surface area contributed by atoms with Gasteiger partial charge in [-0.2, -0.15) is 0 Å². The molecule has 0 bridgehead atoms. The maximum absolute atomic E-state index is 5.68. The zero-order chi connectivity index (χ0) is 10.5. The first-order valence-electron chi connectivity index (χ1n) is 5.46. The van der Waals surface area contributed by atoms with Crippen LogP contribution in [0.5, 0.6) is 5.75 Å². The third kappa shape index (κ3) is 2.83. The molecule has 15 heavy (non-hydrogen) atoms. The Morgan fingerprint density at radius 2 is 1.87 bits per heavy atom. The van der Waals surface area contributed by atoms with Gasteiger partial charge in [0.2, 0.25) is 0 Å². The third-order valence-electron chi connectivity index (χ3n) is 2.73. The number of nitrogens with zero attached hydrogens (tertiary/aromatic N) is 1. The van der Waals surface area contributed by atoms with Crippen molar-refractivity contribution in [1.29, 1.82) is 0 Å². The first-order chi connectivity index (χ1) is 7.38. The Hall–Kier alpha value is -1.28. The topological polar surface area (TPSA) is 12.5 Å². The summed E-state index contributed by atoms with van der Waals surface area (Å²) in [5.41, 5.74) is 1.13. The second kappa shape index (κ2) is 4.99. The van der Waals surface area contributed by atoms with E-state index in [2.05, 4.69) is 11.5 Å². The van der Waals surface area contributed by atoms with Crippen molar-refractivity contribution in [3.63, 3.8) is 0 Å². The molecule has 1 aliphatic heterocycles. The first-order valence-corrected chi connectivity index (χ1v) is 5.46. The number of likely N-dealkylation sites (tertiary alicyclic amines) is 1. The zero-order valence-electron chi connectivity index (χ0n) is 8.98. The van der Waals surface area contributed by atoms with Crippen molar-refractivity contribution in [2.24, 2.45) is 0 Å². The fourth-order valence-electron chi connectivity index (χ4n) is 1.78. The van der Waals surface area contributed by atoms with Crippen LogP contribution >= 0.6 is 0 Å². The predicted molar refractivity (Wildman–Crippen MR) is 62.8 cm³/mol. The Morgan fingerprint density at radius 3 is 2.47 bits per heavy atom. The minimum absolute atomic E-state index is 0.716. The number of ether oxygens (including phenoxy) is 1. The first kappa shape index (κ1) is 10.2. The van der Waals surface area contributed by atoms with Gasteiger partial charge in [0.15, 0.2) is 0 Å². The summed E-state index contributed by atoms with van der Waals surface area (Å²) in [6, 6.07) is 8.03. The Morgan fingerprint density at radius 1 is 1.20 bits per heavy atom. The van der Waals surface area contributed by atoms with Gasteiger partial charge in [0.1, 0.15) is 12.5 Å². The van der Waals surface area contributed by atoms with E-state index in [0.29, 0.717) is 6.73 Å². The van der Waals surface area contributed by atoms with E-state index in [0.717, 1.165) is 11.3 Å². The van der Waals surface area contributed by atoms with Crippen LogP contribution in [0.2, 0.25) is 0 Å². The molecule has 80 valence electrons. The SMILES string of the molecule is C=Cc1ccc(OCN2CCCC2)cc1. The van der Waals surface area contributed by atoms with Crippen LogP contribution in [0, 0.1) is 0 Å². The minimum atomic E-state index is 0.716. The second-order valence-corrected chi connectivity index (χ2v) is 3.87. The van der Waals surface area contributed by atoms with Crippen LogP contribution in [0.1, 0.15) is 18.4 Å². The minimum Gasteiger partial charge on any atom is -0.478 e. The summed E-state index contributed by atoms with van der Waals surface area (Å²) in [6.45, 7) is 6.78. The molecular formula is C13H17NO. The lowest BCUT2D eigenvalue weighted by atomic mass is 10.2. The summed E-state index contributed by atoms with van der Waals surface area (Å²) in [5.74, 6) is 0.938. The molecule has 0 saturated carbocycles. The lowest BCUT2D eigenvalue weighted by molar-refractivity contribution is 0.152. The molecule has 2 nitrogen and oxygen atoms in total. The van der Waals surface area contributed by atoms with Crippen molar-refractivity contribution in [1.82, 2.24) is 4.90 Å². The van der Waals surface area contributed by atoms with Crippen LogP contribution in [0.15, 0.2) is 30.8 Å². The van der Waals surface area contributed by atoms with Gasteiger partial charge in [0, 0.05) is 13.1 Å². The molecule has 1 aromatic rings. The molecule has 0 N–H and O–H groups in total. The molecule has 1 saturated heterocycles. The molecule has 0 spiro atoms. The summed E-state index contributed by atoms with van der Waals surface area (Å²) < 4.78 is 5.68. The number of benzene rings is 1. The van der Waals surface area contributed by atoms with Gasteiger partial charge in [-0.05, 0) is 30.5 Å². The van der Waals surface area contributed by atoms with Crippen molar-refractivity contribution >= 4 is 6.08 Å². The largest absolute Gasteiger partial charge is 0.478 e. The maximum Gasteiger partial charge on any atom is 0.142 e. The smallest absolute Gasteiger partial charge is 0.142 e. The fourth-order valence-corrected chi connectivity index (χ4v) is 1.78. The van der Waals surface area contributed by atoms with Gasteiger partial charge in [-0.1, -0.05) is 24.8 Å². The van der Waals surface area contributed by atoms with E-state index in [9.17, 15) is 0 Å². The summed E-state index contributed by atoms with van der Waals surface area (Å²) in [4.78, 5) is 2.33. The Balaban J connectivity index is 1.84. The molecule has 0 aliphatic carbocycles. The lowest BCUT2D eigenvalue weighted by Crippen LogP contribution is -2.24. The van der Waals surface area contributed by atoms with E-state index in [1.807, 2.05) is 30.3 Å². The normalized spacial score (nSPS) is 16.5. The highest BCUT2D eigenvalue weighted by molar-refractivity contribution is 5.48. The molecule has 0 radical (unpaired) electrons. The highest BCUT2D eigenvalue weighted by atomic mass is 16.5. The van der Waals surface area contributed by atoms with Crippen LogP contribution < -0.4 is 4.74 Å². The van der Waals surface area contributed by atoms with Gasteiger partial charge in [-0.15, -0.1) is 0 Å². The van der Waals surface area contributed by atoms with Gasteiger partial charge in [0.25, 0.3) is 0 Å². The summed E-state index contributed by atoms with van der Waals surface area (Å²) in [7, 11) is 0. The standard InChI is InChI=1S/C13H17NO/c1-2-12-5-7-13(8-6-12)15-11-14-9-3-4-10-14/h2,5-8H,1,3-4,9-11H2. The van der Waals surface area contributed by atoms with Crippen LogP contribution in [0.4, 0.5) is 0 Å². The molecule has 0 unspecified atom stereocenters. The average Bonchev–Trinajstić information content (AvgIpc) is 2.80. The van der Waals surface area contributed by atoms with Crippen molar-refractivity contribution in [2.75, 3.05) is 19.8 Å². The Labute approximate surface area is 91.2 Å². The monoisotopic (exact) mass is 203 g/mol. The molecule has 0 atom stereocenters. The summed E-state index contributed by atoms with van der Waals surface area (Å²) in [5, 5.41) is 0. The summed E-state index contributed by atoms with van der Waals surface area (Å²) in [6.07, 6.45) is 4.45. The van der Waals surface area contributed by atoms with Crippen molar-refractivity contribution in [3.8, 4) is 5.75 Å². The van der Waals surface area contributed by atoms with Crippen LogP contribution in [-0.4, -0.2) is 24.7 Å². The van der Waals surface area contributed by atoms with Gasteiger partial charge in [0.05, 0.1) is 0 Å². The highest BCUT2D eigenvalue weighted by Gasteiger charge is 2.11. The lowest BCUT2D eigenvalue weighted by Gasteiger charge is -2.15. The van der Waals surface area contributed by atoms with Gasteiger partial charge >= 0.3 is 0 Å².